The molecule has 0 spiro atoms. The predicted octanol–water partition coefficient (Wildman–Crippen LogP) is 5.14. The number of fused-ring (bicyclic) bond motifs is 2. The van der Waals surface area contributed by atoms with Gasteiger partial charge in [0.2, 0.25) is 5.91 Å². The molecule has 0 N–H and O–H groups in total. The van der Waals surface area contributed by atoms with Crippen LogP contribution in [0.3, 0.4) is 0 Å². The van der Waals surface area contributed by atoms with Gasteiger partial charge >= 0.3 is 0 Å². The average Bonchev–Trinajstić information content (AvgIpc) is 2.68. The largest absolute Gasteiger partial charge is 0.334 e. The third-order valence-corrected chi connectivity index (χ3v) is 5.35. The quantitative estimate of drug-likeness (QED) is 0.574. The molecule has 1 aliphatic heterocycles. The summed E-state index contributed by atoms with van der Waals surface area (Å²) in [5, 5.41) is 2.43. The summed E-state index contributed by atoms with van der Waals surface area (Å²) < 4.78 is 0. The second-order valence-electron chi connectivity index (χ2n) is 6.29. The van der Waals surface area contributed by atoms with Crippen molar-refractivity contribution >= 4 is 46.1 Å². The van der Waals surface area contributed by atoms with E-state index in [1.807, 2.05) is 36.4 Å². The van der Waals surface area contributed by atoms with Gasteiger partial charge < -0.3 is 4.90 Å². The van der Waals surface area contributed by atoms with Crippen molar-refractivity contribution in [2.45, 2.75) is 13.0 Å². The van der Waals surface area contributed by atoms with Crippen LogP contribution in [-0.4, -0.2) is 22.3 Å². The first-order valence-electron chi connectivity index (χ1n) is 8.39. The number of carbonyl (C=O) groups excluding carboxylic acids is 1. The maximum Gasteiger partial charge on any atom is 0.246 e. The smallest absolute Gasteiger partial charge is 0.246 e. The number of halogens is 2. The second kappa shape index (κ2) is 7.10. The van der Waals surface area contributed by atoms with E-state index in [4.69, 9.17) is 23.2 Å². The Morgan fingerprint density at radius 2 is 1.85 bits per heavy atom. The van der Waals surface area contributed by atoms with Gasteiger partial charge in [0.05, 0.1) is 5.52 Å². The van der Waals surface area contributed by atoms with Gasteiger partial charge in [0.25, 0.3) is 0 Å². The van der Waals surface area contributed by atoms with Crippen LogP contribution in [0, 0.1) is 0 Å². The molecule has 2 aromatic carbocycles. The van der Waals surface area contributed by atoms with Crippen LogP contribution in [0.4, 0.5) is 0 Å². The molecule has 5 heteroatoms. The van der Waals surface area contributed by atoms with Crippen molar-refractivity contribution in [1.29, 1.82) is 0 Å². The highest BCUT2D eigenvalue weighted by Gasteiger charge is 2.22. The number of hydrogen-bond acceptors (Lipinski definition) is 2. The molecule has 2 heterocycles. The number of aromatic nitrogens is 1. The minimum absolute atomic E-state index is 0.0418. The number of para-hydroxylation sites is 1. The summed E-state index contributed by atoms with van der Waals surface area (Å²) in [6.07, 6.45) is 5.88. The third kappa shape index (κ3) is 3.33. The highest BCUT2D eigenvalue weighted by Crippen LogP contribution is 2.31. The van der Waals surface area contributed by atoms with Crippen molar-refractivity contribution in [3.63, 3.8) is 0 Å². The Morgan fingerprint density at radius 3 is 2.69 bits per heavy atom. The van der Waals surface area contributed by atoms with Crippen LogP contribution in [0.15, 0.2) is 54.7 Å². The van der Waals surface area contributed by atoms with Crippen LogP contribution < -0.4 is 0 Å². The van der Waals surface area contributed by atoms with Crippen molar-refractivity contribution in [1.82, 2.24) is 9.88 Å². The van der Waals surface area contributed by atoms with Crippen LogP contribution in [0.25, 0.3) is 17.0 Å². The number of benzene rings is 2. The topological polar surface area (TPSA) is 33.2 Å². The van der Waals surface area contributed by atoms with E-state index in [1.165, 1.54) is 0 Å². The van der Waals surface area contributed by atoms with Gasteiger partial charge in [0, 0.05) is 40.8 Å². The van der Waals surface area contributed by atoms with E-state index < -0.39 is 0 Å². The zero-order chi connectivity index (χ0) is 18.1. The predicted molar refractivity (Wildman–Crippen MR) is 106 cm³/mol. The van der Waals surface area contributed by atoms with Crippen LogP contribution in [0.1, 0.15) is 16.7 Å². The molecule has 1 aliphatic rings. The lowest BCUT2D eigenvalue weighted by molar-refractivity contribution is -0.126. The molecule has 0 saturated heterocycles. The Morgan fingerprint density at radius 1 is 1.08 bits per heavy atom. The van der Waals surface area contributed by atoms with E-state index in [0.29, 0.717) is 29.6 Å². The standard InChI is InChI=1S/C21H16Cl2N2O/c22-18-6-7-19(23)17-13-25(10-9-16(17)18)21(26)8-5-14-11-15-3-1-2-4-20(15)24-12-14/h1-8,11-12H,9-10,13H2/b8-5+. The first kappa shape index (κ1) is 17.1. The van der Waals surface area contributed by atoms with Gasteiger partial charge in [-0.25, -0.2) is 0 Å². The third-order valence-electron chi connectivity index (χ3n) is 4.64. The number of pyridine rings is 1. The molecule has 130 valence electrons. The summed E-state index contributed by atoms with van der Waals surface area (Å²) in [7, 11) is 0. The van der Waals surface area contributed by atoms with E-state index in [-0.39, 0.29) is 5.91 Å². The Labute approximate surface area is 161 Å². The summed E-state index contributed by atoms with van der Waals surface area (Å²) in [6.45, 7) is 1.11. The minimum Gasteiger partial charge on any atom is -0.334 e. The molecular weight excluding hydrogens is 367 g/mol. The molecule has 26 heavy (non-hydrogen) atoms. The van der Waals surface area contributed by atoms with E-state index in [0.717, 1.165) is 27.6 Å². The van der Waals surface area contributed by atoms with Gasteiger partial charge in [-0.15, -0.1) is 0 Å². The highest BCUT2D eigenvalue weighted by atomic mass is 35.5. The first-order valence-corrected chi connectivity index (χ1v) is 9.15. The number of carbonyl (C=O) groups is 1. The van der Waals surface area contributed by atoms with Crippen molar-refractivity contribution < 1.29 is 4.79 Å². The van der Waals surface area contributed by atoms with Crippen molar-refractivity contribution in [2.24, 2.45) is 0 Å². The van der Waals surface area contributed by atoms with Crippen molar-refractivity contribution in [3.05, 3.63) is 81.5 Å². The van der Waals surface area contributed by atoms with Gasteiger partial charge in [-0.3, -0.25) is 9.78 Å². The fourth-order valence-electron chi connectivity index (χ4n) is 3.23. The highest BCUT2D eigenvalue weighted by molar-refractivity contribution is 6.34. The molecule has 0 unspecified atom stereocenters. The summed E-state index contributed by atoms with van der Waals surface area (Å²) in [6, 6.07) is 13.5. The molecule has 0 radical (unpaired) electrons. The van der Waals surface area contributed by atoms with Crippen LogP contribution >= 0.6 is 23.2 Å². The molecule has 4 rings (SSSR count). The fraction of sp³-hybridized carbons (Fsp3) is 0.143. The summed E-state index contributed by atoms with van der Waals surface area (Å²) in [5.74, 6) is -0.0418. The van der Waals surface area contributed by atoms with Crippen LogP contribution in [0.5, 0.6) is 0 Å². The normalized spacial score (nSPS) is 14.0. The van der Waals surface area contributed by atoms with Gasteiger partial charge in [0.1, 0.15) is 0 Å². The van der Waals surface area contributed by atoms with Crippen LogP contribution in [-0.2, 0) is 17.8 Å². The number of nitrogens with zero attached hydrogens (tertiary/aromatic N) is 2. The summed E-state index contributed by atoms with van der Waals surface area (Å²) >= 11 is 12.5. The lowest BCUT2D eigenvalue weighted by Crippen LogP contribution is -2.35. The van der Waals surface area contributed by atoms with E-state index in [2.05, 4.69) is 4.98 Å². The summed E-state index contributed by atoms with van der Waals surface area (Å²) in [4.78, 5) is 18.8. The SMILES string of the molecule is O=C(/C=C/c1cnc2ccccc2c1)N1CCc2c(Cl)ccc(Cl)c2C1. The Hall–Kier alpha value is -2.36. The molecule has 0 fully saturated rings. The number of hydrogen-bond donors (Lipinski definition) is 0. The summed E-state index contributed by atoms with van der Waals surface area (Å²) in [5.41, 5.74) is 3.83. The zero-order valence-corrected chi connectivity index (χ0v) is 15.5. The Bertz CT molecular complexity index is 1030. The van der Waals surface area contributed by atoms with E-state index in [1.54, 1.807) is 29.3 Å². The molecule has 3 nitrogen and oxygen atoms in total. The lowest BCUT2D eigenvalue weighted by Gasteiger charge is -2.29. The second-order valence-corrected chi connectivity index (χ2v) is 7.11. The zero-order valence-electron chi connectivity index (χ0n) is 14.0. The molecule has 3 aromatic rings. The molecule has 1 aromatic heterocycles. The first-order chi connectivity index (χ1) is 12.6. The van der Waals surface area contributed by atoms with Gasteiger partial charge in [-0.05, 0) is 53.5 Å². The van der Waals surface area contributed by atoms with Crippen molar-refractivity contribution in [2.75, 3.05) is 6.54 Å². The molecule has 0 aliphatic carbocycles. The lowest BCUT2D eigenvalue weighted by atomic mass is 9.99. The van der Waals surface area contributed by atoms with Crippen molar-refractivity contribution in [3.8, 4) is 0 Å². The van der Waals surface area contributed by atoms with E-state index in [9.17, 15) is 4.79 Å². The minimum atomic E-state index is -0.0418. The fourth-order valence-corrected chi connectivity index (χ4v) is 3.74. The van der Waals surface area contributed by atoms with Gasteiger partial charge in [-0.2, -0.15) is 0 Å². The Balaban J connectivity index is 1.52. The van der Waals surface area contributed by atoms with Gasteiger partial charge in [-0.1, -0.05) is 41.4 Å². The molecule has 1 amide bonds. The van der Waals surface area contributed by atoms with E-state index >= 15 is 0 Å². The van der Waals surface area contributed by atoms with Gasteiger partial charge in [0.15, 0.2) is 0 Å². The molecule has 0 atom stereocenters. The Kier molecular flexibility index (Phi) is 4.66. The number of amides is 1. The maximum absolute atomic E-state index is 12.6. The average molecular weight is 383 g/mol. The molecule has 0 saturated carbocycles. The maximum atomic E-state index is 12.6. The molecule has 0 bridgehead atoms. The monoisotopic (exact) mass is 382 g/mol. The number of rotatable bonds is 2. The molecular formula is C21H16Cl2N2O. The van der Waals surface area contributed by atoms with Crippen LogP contribution in [0.2, 0.25) is 10.0 Å².